The SMILES string of the molecule is Nc1nsc(N2CCC(CCO)C2)n1. The molecule has 1 atom stereocenters. The van der Waals surface area contributed by atoms with E-state index in [1.807, 2.05) is 0 Å². The number of aliphatic hydroxyl groups excluding tert-OH is 1. The van der Waals surface area contributed by atoms with Gasteiger partial charge in [0.2, 0.25) is 11.1 Å². The quantitative estimate of drug-likeness (QED) is 0.758. The highest BCUT2D eigenvalue weighted by Gasteiger charge is 2.24. The summed E-state index contributed by atoms with van der Waals surface area (Å²) in [5.41, 5.74) is 5.46. The molecule has 1 aliphatic rings. The van der Waals surface area contributed by atoms with Crippen molar-refractivity contribution in [2.45, 2.75) is 12.8 Å². The van der Waals surface area contributed by atoms with Crippen LogP contribution in [0.15, 0.2) is 0 Å². The van der Waals surface area contributed by atoms with E-state index in [-0.39, 0.29) is 6.61 Å². The molecule has 0 aliphatic carbocycles. The zero-order valence-corrected chi connectivity index (χ0v) is 8.70. The standard InChI is InChI=1S/C8H14N4OS/c9-7-10-8(14-11-7)12-3-1-6(5-12)2-4-13/h6,13H,1-5H2,(H2,9,11). The predicted octanol–water partition coefficient (Wildman–Crippen LogP) is 0.329. The average molecular weight is 214 g/mol. The maximum atomic E-state index is 8.82. The molecule has 1 fully saturated rings. The summed E-state index contributed by atoms with van der Waals surface area (Å²) in [5, 5.41) is 9.73. The first kappa shape index (κ1) is 9.67. The number of hydrogen-bond donors (Lipinski definition) is 2. The first-order valence-corrected chi connectivity index (χ1v) is 5.52. The molecule has 1 aromatic rings. The third-order valence-corrected chi connectivity index (χ3v) is 3.32. The van der Waals surface area contributed by atoms with E-state index in [9.17, 15) is 0 Å². The van der Waals surface area contributed by atoms with Crippen molar-refractivity contribution >= 4 is 22.6 Å². The van der Waals surface area contributed by atoms with Crippen LogP contribution in [0.4, 0.5) is 11.1 Å². The molecule has 78 valence electrons. The van der Waals surface area contributed by atoms with E-state index in [1.165, 1.54) is 11.5 Å². The van der Waals surface area contributed by atoms with Gasteiger partial charge in [0.05, 0.1) is 0 Å². The first-order chi connectivity index (χ1) is 6.79. The summed E-state index contributed by atoms with van der Waals surface area (Å²) in [6.07, 6.45) is 2.00. The summed E-state index contributed by atoms with van der Waals surface area (Å²) < 4.78 is 3.95. The smallest absolute Gasteiger partial charge is 0.233 e. The molecule has 6 heteroatoms. The molecule has 1 aromatic heterocycles. The summed E-state index contributed by atoms with van der Waals surface area (Å²) in [4.78, 5) is 6.32. The number of nitrogen functional groups attached to an aromatic ring is 1. The topological polar surface area (TPSA) is 75.3 Å². The molecular weight excluding hydrogens is 200 g/mol. The predicted molar refractivity (Wildman–Crippen MR) is 56.3 cm³/mol. The Morgan fingerprint density at radius 3 is 3.14 bits per heavy atom. The Balaban J connectivity index is 1.95. The molecule has 0 saturated carbocycles. The molecule has 5 nitrogen and oxygen atoms in total. The lowest BCUT2D eigenvalue weighted by atomic mass is 10.1. The Morgan fingerprint density at radius 2 is 2.50 bits per heavy atom. The highest BCUT2D eigenvalue weighted by atomic mass is 32.1. The van der Waals surface area contributed by atoms with Gasteiger partial charge in [0, 0.05) is 31.2 Å². The van der Waals surface area contributed by atoms with E-state index in [2.05, 4.69) is 14.3 Å². The fraction of sp³-hybridized carbons (Fsp3) is 0.750. The van der Waals surface area contributed by atoms with E-state index in [0.29, 0.717) is 11.9 Å². The van der Waals surface area contributed by atoms with E-state index >= 15 is 0 Å². The van der Waals surface area contributed by atoms with Gasteiger partial charge in [-0.25, -0.2) is 0 Å². The van der Waals surface area contributed by atoms with Crippen LogP contribution in [-0.2, 0) is 0 Å². The maximum Gasteiger partial charge on any atom is 0.233 e. The van der Waals surface area contributed by atoms with Crippen molar-refractivity contribution < 1.29 is 5.11 Å². The first-order valence-electron chi connectivity index (χ1n) is 4.74. The third-order valence-electron chi connectivity index (χ3n) is 2.52. The Bertz CT molecular complexity index is 303. The Morgan fingerprint density at radius 1 is 1.64 bits per heavy atom. The monoisotopic (exact) mass is 214 g/mol. The van der Waals surface area contributed by atoms with Crippen LogP contribution >= 0.6 is 11.5 Å². The second-order valence-corrected chi connectivity index (χ2v) is 4.28. The van der Waals surface area contributed by atoms with Gasteiger partial charge >= 0.3 is 0 Å². The van der Waals surface area contributed by atoms with Gasteiger partial charge in [-0.3, -0.25) is 0 Å². The Kier molecular flexibility index (Phi) is 2.83. The van der Waals surface area contributed by atoms with E-state index in [0.717, 1.165) is 31.1 Å². The third kappa shape index (κ3) is 1.96. The number of anilines is 2. The minimum atomic E-state index is 0.275. The molecule has 3 N–H and O–H groups in total. The van der Waals surface area contributed by atoms with Gasteiger partial charge < -0.3 is 15.7 Å². The van der Waals surface area contributed by atoms with Gasteiger partial charge in [0.1, 0.15) is 0 Å². The fourth-order valence-electron chi connectivity index (χ4n) is 1.78. The molecular formula is C8H14N4OS. The normalized spacial score (nSPS) is 21.8. The highest BCUT2D eigenvalue weighted by molar-refractivity contribution is 7.09. The highest BCUT2D eigenvalue weighted by Crippen LogP contribution is 2.26. The van der Waals surface area contributed by atoms with Crippen LogP contribution in [0.3, 0.4) is 0 Å². The van der Waals surface area contributed by atoms with Gasteiger partial charge in [-0.1, -0.05) is 0 Å². The van der Waals surface area contributed by atoms with E-state index in [1.54, 1.807) is 0 Å². The molecule has 1 aliphatic heterocycles. The number of aliphatic hydroxyl groups is 1. The van der Waals surface area contributed by atoms with Gasteiger partial charge in [-0.15, -0.1) is 0 Å². The number of nitrogens with zero attached hydrogens (tertiary/aromatic N) is 3. The number of hydrogen-bond acceptors (Lipinski definition) is 6. The molecule has 0 amide bonds. The maximum absolute atomic E-state index is 8.82. The van der Waals surface area contributed by atoms with Crippen molar-refractivity contribution in [3.05, 3.63) is 0 Å². The summed E-state index contributed by atoms with van der Waals surface area (Å²) in [7, 11) is 0. The molecule has 0 bridgehead atoms. The van der Waals surface area contributed by atoms with Crippen molar-refractivity contribution in [1.82, 2.24) is 9.36 Å². The molecule has 2 heterocycles. The van der Waals surface area contributed by atoms with Crippen LogP contribution in [0.5, 0.6) is 0 Å². The summed E-state index contributed by atoms with van der Waals surface area (Å²) in [6.45, 7) is 2.24. The number of nitrogens with two attached hydrogens (primary N) is 1. The van der Waals surface area contributed by atoms with Crippen LogP contribution in [0.25, 0.3) is 0 Å². The van der Waals surface area contributed by atoms with Crippen LogP contribution in [-0.4, -0.2) is 34.2 Å². The van der Waals surface area contributed by atoms with Crippen LogP contribution in [0.1, 0.15) is 12.8 Å². The number of aromatic nitrogens is 2. The zero-order valence-electron chi connectivity index (χ0n) is 7.89. The second kappa shape index (κ2) is 4.10. The largest absolute Gasteiger partial charge is 0.396 e. The van der Waals surface area contributed by atoms with Crippen LogP contribution in [0.2, 0.25) is 0 Å². The molecule has 0 spiro atoms. The van der Waals surface area contributed by atoms with Gasteiger partial charge in [0.25, 0.3) is 0 Å². The summed E-state index contributed by atoms with van der Waals surface area (Å²) in [6, 6.07) is 0. The fourth-order valence-corrected chi connectivity index (χ4v) is 2.41. The average Bonchev–Trinajstić information content (AvgIpc) is 2.74. The lowest BCUT2D eigenvalue weighted by Crippen LogP contribution is -2.19. The van der Waals surface area contributed by atoms with Gasteiger partial charge in [0.15, 0.2) is 0 Å². The van der Waals surface area contributed by atoms with Gasteiger partial charge in [-0.2, -0.15) is 9.36 Å². The molecule has 14 heavy (non-hydrogen) atoms. The van der Waals surface area contributed by atoms with Crippen molar-refractivity contribution in [2.75, 3.05) is 30.3 Å². The minimum Gasteiger partial charge on any atom is -0.396 e. The van der Waals surface area contributed by atoms with Crippen LogP contribution in [0, 0.1) is 5.92 Å². The minimum absolute atomic E-state index is 0.275. The zero-order chi connectivity index (χ0) is 9.97. The van der Waals surface area contributed by atoms with Crippen molar-refractivity contribution in [3.8, 4) is 0 Å². The molecule has 1 unspecified atom stereocenters. The van der Waals surface area contributed by atoms with Crippen molar-refractivity contribution in [1.29, 1.82) is 0 Å². The Hall–Kier alpha value is -0.880. The lowest BCUT2D eigenvalue weighted by Gasteiger charge is -2.13. The summed E-state index contributed by atoms with van der Waals surface area (Å²) in [5.74, 6) is 0.945. The Labute approximate surface area is 86.7 Å². The van der Waals surface area contributed by atoms with Crippen molar-refractivity contribution in [2.24, 2.45) is 5.92 Å². The second-order valence-electron chi connectivity index (χ2n) is 3.55. The van der Waals surface area contributed by atoms with Crippen molar-refractivity contribution in [3.63, 3.8) is 0 Å². The molecule has 0 radical (unpaired) electrons. The van der Waals surface area contributed by atoms with E-state index in [4.69, 9.17) is 10.8 Å². The van der Waals surface area contributed by atoms with Gasteiger partial charge in [-0.05, 0) is 18.8 Å². The van der Waals surface area contributed by atoms with Crippen LogP contribution < -0.4 is 10.6 Å². The molecule has 0 aromatic carbocycles. The number of rotatable bonds is 3. The molecule has 2 rings (SSSR count). The van der Waals surface area contributed by atoms with E-state index < -0.39 is 0 Å². The summed E-state index contributed by atoms with van der Waals surface area (Å²) >= 11 is 1.34. The molecule has 1 saturated heterocycles. The lowest BCUT2D eigenvalue weighted by molar-refractivity contribution is 0.263.